The second-order valence-electron chi connectivity index (χ2n) is 6.83. The number of anilines is 1. The highest BCUT2D eigenvalue weighted by Crippen LogP contribution is 2.77. The zero-order valence-electron chi connectivity index (χ0n) is 13.4. The first-order valence-corrected chi connectivity index (χ1v) is 9.96. The number of aryl methyl sites for hydroxylation is 2. The van der Waals surface area contributed by atoms with Gasteiger partial charge in [0.15, 0.2) is 4.33 Å². The fourth-order valence-electron chi connectivity index (χ4n) is 4.37. The fourth-order valence-corrected chi connectivity index (χ4v) is 7.30. The second-order valence-corrected chi connectivity index (χ2v) is 10.1. The van der Waals surface area contributed by atoms with Crippen molar-refractivity contribution in [3.05, 3.63) is 39.4 Å². The second kappa shape index (κ2) is 5.46. The number of hydrogen-bond acceptors (Lipinski definition) is 2. The highest BCUT2D eigenvalue weighted by molar-refractivity contribution is 6.67. The Morgan fingerprint density at radius 3 is 1.62 bits per heavy atom. The average molecular weight is 474 g/mol. The van der Waals surface area contributed by atoms with Gasteiger partial charge in [0.05, 0.1) is 27.6 Å². The molecule has 0 N–H and O–H groups in total. The van der Waals surface area contributed by atoms with E-state index in [2.05, 4.69) is 0 Å². The van der Waals surface area contributed by atoms with Crippen molar-refractivity contribution in [2.75, 3.05) is 4.90 Å². The molecule has 2 fully saturated rings. The van der Waals surface area contributed by atoms with Gasteiger partial charge < -0.3 is 0 Å². The molecule has 9 heteroatoms. The zero-order chi connectivity index (χ0) is 19.4. The lowest BCUT2D eigenvalue weighted by Gasteiger charge is -2.34. The summed E-state index contributed by atoms with van der Waals surface area (Å²) in [7, 11) is 0. The first kappa shape index (κ1) is 19.2. The normalized spacial score (nSPS) is 37.8. The minimum absolute atomic E-state index is 0.0911. The summed E-state index contributed by atoms with van der Waals surface area (Å²) in [5.74, 6) is -3.30. The van der Waals surface area contributed by atoms with Gasteiger partial charge in [-0.15, -0.1) is 23.2 Å². The van der Waals surface area contributed by atoms with E-state index in [9.17, 15) is 9.59 Å². The molecule has 138 valence electrons. The molecule has 2 amide bonds. The molecule has 1 saturated carbocycles. The number of allylic oxidation sites excluding steroid dienone is 2. The lowest BCUT2D eigenvalue weighted by molar-refractivity contribution is -0.123. The number of fused-ring (bicyclic) bond motifs is 5. The Labute approximate surface area is 180 Å². The number of hydrogen-bond donors (Lipinski definition) is 0. The van der Waals surface area contributed by atoms with E-state index in [-0.39, 0.29) is 10.1 Å². The molecule has 0 radical (unpaired) electrons. The van der Waals surface area contributed by atoms with Gasteiger partial charge in [-0.1, -0.05) is 64.6 Å². The molecule has 1 heterocycles. The van der Waals surface area contributed by atoms with Crippen molar-refractivity contribution in [2.24, 2.45) is 11.8 Å². The minimum Gasteiger partial charge on any atom is -0.274 e. The Hall–Kier alpha value is -0.160. The first-order valence-electron chi connectivity index (χ1n) is 7.70. The molecular formula is C17H11Cl6NO2. The predicted molar refractivity (Wildman–Crippen MR) is 106 cm³/mol. The predicted octanol–water partition coefficient (Wildman–Crippen LogP) is 5.25. The Balaban J connectivity index is 1.96. The third kappa shape index (κ3) is 1.77. The molecule has 1 aliphatic heterocycles. The van der Waals surface area contributed by atoms with Crippen LogP contribution in [0.3, 0.4) is 0 Å². The molecule has 1 aromatic rings. The molecule has 4 atom stereocenters. The lowest BCUT2D eigenvalue weighted by atomic mass is 9.84. The molecule has 0 aromatic heterocycles. The van der Waals surface area contributed by atoms with Gasteiger partial charge >= 0.3 is 0 Å². The summed E-state index contributed by atoms with van der Waals surface area (Å²) < 4.78 is -1.91. The molecule has 1 saturated heterocycles. The standard InChI is InChI=1S/C17H11Cl6NO2/c1-6-4-3-5-7(2)10(6)24-13(25)8-9(14(24)26)16(21)12(19)11(18)15(8,20)17(16,22)23/h3-5,8-9H,1-2H3/t8-,9-,15+,16+/m1/s1. The van der Waals surface area contributed by atoms with Gasteiger partial charge in [-0.25, -0.2) is 4.90 Å². The van der Waals surface area contributed by atoms with E-state index < -0.39 is 37.7 Å². The van der Waals surface area contributed by atoms with Crippen molar-refractivity contribution in [1.82, 2.24) is 0 Å². The van der Waals surface area contributed by atoms with E-state index in [1.54, 1.807) is 0 Å². The average Bonchev–Trinajstić information content (AvgIpc) is 2.94. The monoisotopic (exact) mass is 471 g/mol. The summed E-state index contributed by atoms with van der Waals surface area (Å²) >= 11 is 38.9. The van der Waals surface area contributed by atoms with Crippen LogP contribution in [0, 0.1) is 25.7 Å². The third-order valence-electron chi connectivity index (χ3n) is 5.57. The van der Waals surface area contributed by atoms with Crippen LogP contribution in [0.15, 0.2) is 28.3 Å². The molecule has 3 nitrogen and oxygen atoms in total. The molecule has 2 bridgehead atoms. The minimum atomic E-state index is -1.91. The maximum absolute atomic E-state index is 13.3. The van der Waals surface area contributed by atoms with E-state index in [1.807, 2.05) is 32.0 Å². The van der Waals surface area contributed by atoms with Crippen molar-refractivity contribution < 1.29 is 9.59 Å². The molecule has 1 aromatic carbocycles. The lowest BCUT2D eigenvalue weighted by Crippen LogP contribution is -2.50. The summed E-state index contributed by atoms with van der Waals surface area (Å²) in [4.78, 5) is 24.2. The highest BCUT2D eigenvalue weighted by Gasteiger charge is 2.87. The molecule has 0 spiro atoms. The number of amides is 2. The van der Waals surface area contributed by atoms with E-state index in [0.29, 0.717) is 5.69 Å². The van der Waals surface area contributed by atoms with Gasteiger partial charge in [-0.3, -0.25) is 9.59 Å². The van der Waals surface area contributed by atoms with Crippen LogP contribution < -0.4 is 4.90 Å². The van der Waals surface area contributed by atoms with Crippen LogP contribution >= 0.6 is 69.6 Å². The van der Waals surface area contributed by atoms with Crippen LogP contribution in [0.1, 0.15) is 11.1 Å². The number of rotatable bonds is 1. The third-order valence-corrected chi connectivity index (χ3v) is 9.83. The van der Waals surface area contributed by atoms with Crippen molar-refractivity contribution in [3.63, 3.8) is 0 Å². The number of nitrogens with zero attached hydrogens (tertiary/aromatic N) is 1. The molecule has 2 aliphatic carbocycles. The number of imide groups is 1. The topological polar surface area (TPSA) is 37.4 Å². The van der Waals surface area contributed by atoms with Crippen LogP contribution in [0.2, 0.25) is 0 Å². The SMILES string of the molecule is Cc1cccc(C)c1N1C(=O)[C@H]2[C@H](C1=O)[C@]1(Cl)C(Cl)=C(Cl)[C@]2(Cl)C1(Cl)Cl. The van der Waals surface area contributed by atoms with E-state index in [4.69, 9.17) is 69.6 Å². The Kier molecular flexibility index (Phi) is 4.03. The van der Waals surface area contributed by atoms with Crippen molar-refractivity contribution in [2.45, 2.75) is 27.9 Å². The molecule has 26 heavy (non-hydrogen) atoms. The Bertz CT molecular complexity index is 862. The summed E-state index contributed by atoms with van der Waals surface area (Å²) in [5, 5.41) is -0.182. The van der Waals surface area contributed by atoms with Gasteiger partial charge in [0.1, 0.15) is 9.75 Å². The van der Waals surface area contributed by atoms with Gasteiger partial charge in [0.2, 0.25) is 11.8 Å². The van der Waals surface area contributed by atoms with Crippen LogP contribution in [0.4, 0.5) is 5.69 Å². The zero-order valence-corrected chi connectivity index (χ0v) is 18.0. The first-order chi connectivity index (χ1) is 11.9. The van der Waals surface area contributed by atoms with Crippen molar-refractivity contribution >= 4 is 87.1 Å². The maximum atomic E-state index is 13.3. The Morgan fingerprint density at radius 2 is 1.23 bits per heavy atom. The number of carbonyl (C=O) groups excluding carboxylic acids is 2. The molecule has 3 aliphatic rings. The van der Waals surface area contributed by atoms with Gasteiger partial charge in [-0.05, 0) is 25.0 Å². The highest BCUT2D eigenvalue weighted by atomic mass is 35.5. The summed E-state index contributed by atoms with van der Waals surface area (Å²) in [6.45, 7) is 3.62. The number of para-hydroxylation sites is 1. The van der Waals surface area contributed by atoms with E-state index in [0.717, 1.165) is 16.0 Å². The summed E-state index contributed by atoms with van der Waals surface area (Å²) in [6, 6.07) is 5.46. The quantitative estimate of drug-likeness (QED) is 0.412. The number of halogens is 6. The largest absolute Gasteiger partial charge is 0.274 e. The summed E-state index contributed by atoms with van der Waals surface area (Å²) in [6.07, 6.45) is 0. The maximum Gasteiger partial charge on any atom is 0.240 e. The van der Waals surface area contributed by atoms with Crippen LogP contribution in [-0.4, -0.2) is 25.9 Å². The van der Waals surface area contributed by atoms with Gasteiger partial charge in [0.25, 0.3) is 0 Å². The smallest absolute Gasteiger partial charge is 0.240 e. The van der Waals surface area contributed by atoms with Gasteiger partial charge in [-0.2, -0.15) is 0 Å². The Morgan fingerprint density at radius 1 is 0.846 bits per heavy atom. The summed E-state index contributed by atoms with van der Waals surface area (Å²) in [5.41, 5.74) is 2.03. The van der Waals surface area contributed by atoms with Crippen molar-refractivity contribution in [3.8, 4) is 0 Å². The van der Waals surface area contributed by atoms with E-state index in [1.165, 1.54) is 0 Å². The molecule has 0 unspecified atom stereocenters. The number of alkyl halides is 4. The number of carbonyl (C=O) groups is 2. The van der Waals surface area contributed by atoms with Crippen LogP contribution in [0.5, 0.6) is 0 Å². The van der Waals surface area contributed by atoms with Crippen LogP contribution in [0.25, 0.3) is 0 Å². The van der Waals surface area contributed by atoms with Gasteiger partial charge in [0, 0.05) is 0 Å². The van der Waals surface area contributed by atoms with Crippen LogP contribution in [-0.2, 0) is 9.59 Å². The van der Waals surface area contributed by atoms with Crippen molar-refractivity contribution in [1.29, 1.82) is 0 Å². The number of benzene rings is 1. The molecular weight excluding hydrogens is 463 g/mol. The fraction of sp³-hybridized carbons (Fsp3) is 0.412. The molecule has 4 rings (SSSR count). The van der Waals surface area contributed by atoms with E-state index >= 15 is 0 Å².